The molecule has 1 N–H and O–H groups in total. The van der Waals surface area contributed by atoms with Gasteiger partial charge in [0.2, 0.25) is 0 Å². The molecule has 0 spiro atoms. The van der Waals surface area contributed by atoms with E-state index in [0.29, 0.717) is 4.88 Å². The Morgan fingerprint density at radius 2 is 2.37 bits per heavy atom. The summed E-state index contributed by atoms with van der Waals surface area (Å²) in [6.45, 7) is 0.741. The lowest BCUT2D eigenvalue weighted by Crippen LogP contribution is -2.05. The van der Waals surface area contributed by atoms with Gasteiger partial charge in [0.15, 0.2) is 5.13 Å². The molecule has 2 rings (SSSR count). The molecule has 0 fully saturated rings. The van der Waals surface area contributed by atoms with Crippen LogP contribution in [0.1, 0.15) is 10.4 Å². The van der Waals surface area contributed by atoms with Crippen LogP contribution in [0.25, 0.3) is 0 Å². The molecule has 0 aliphatic heterocycles. The lowest BCUT2D eigenvalue weighted by Gasteiger charge is -2.09. The fraction of sp³-hybridized carbons (Fsp3) is 0.231. The van der Waals surface area contributed by atoms with Crippen molar-refractivity contribution < 1.29 is 4.74 Å². The molecule has 0 aliphatic carbocycles. The van der Waals surface area contributed by atoms with Gasteiger partial charge in [-0.05, 0) is 30.2 Å². The third-order valence-electron chi connectivity index (χ3n) is 2.53. The normalized spacial score (nSPS) is 9.95. The lowest BCUT2D eigenvalue weighted by atomic mass is 10.1. The van der Waals surface area contributed by atoms with E-state index in [0.717, 1.165) is 33.9 Å². The zero-order valence-electron chi connectivity index (χ0n) is 10.3. The van der Waals surface area contributed by atoms with E-state index in [4.69, 9.17) is 10.00 Å². The number of hydrogen-bond donors (Lipinski definition) is 1. The van der Waals surface area contributed by atoms with Gasteiger partial charge < -0.3 is 10.1 Å². The van der Waals surface area contributed by atoms with Crippen LogP contribution in [0.15, 0.2) is 28.9 Å². The van der Waals surface area contributed by atoms with E-state index < -0.39 is 0 Å². The zero-order chi connectivity index (χ0) is 13.7. The number of ether oxygens (including phenoxy) is 1. The van der Waals surface area contributed by atoms with Crippen molar-refractivity contribution in [3.8, 4) is 11.8 Å². The average Bonchev–Trinajstić information content (AvgIpc) is 2.87. The summed E-state index contributed by atoms with van der Waals surface area (Å²) in [7, 11) is 1.67. The first-order valence-electron chi connectivity index (χ1n) is 5.65. The summed E-state index contributed by atoms with van der Waals surface area (Å²) in [4.78, 5) is 4.74. The summed E-state index contributed by atoms with van der Waals surface area (Å²) >= 11 is 4.81. The van der Waals surface area contributed by atoms with E-state index in [1.165, 1.54) is 11.3 Å². The van der Waals surface area contributed by atoms with Crippen LogP contribution >= 0.6 is 27.3 Å². The minimum Gasteiger partial charge on any atom is -0.496 e. The summed E-state index contributed by atoms with van der Waals surface area (Å²) in [6.07, 6.45) is 2.40. The van der Waals surface area contributed by atoms with Crippen molar-refractivity contribution in [2.75, 3.05) is 19.0 Å². The predicted molar refractivity (Wildman–Crippen MR) is 79.7 cm³/mol. The van der Waals surface area contributed by atoms with Crippen LogP contribution < -0.4 is 10.1 Å². The molecule has 0 unspecified atom stereocenters. The van der Waals surface area contributed by atoms with Crippen molar-refractivity contribution in [3.63, 3.8) is 0 Å². The molecule has 0 amide bonds. The number of methoxy groups -OCH3 is 1. The number of benzene rings is 1. The van der Waals surface area contributed by atoms with Crippen molar-refractivity contribution in [1.29, 1.82) is 5.26 Å². The topological polar surface area (TPSA) is 57.9 Å². The Balaban J connectivity index is 1.95. The highest BCUT2D eigenvalue weighted by atomic mass is 79.9. The van der Waals surface area contributed by atoms with E-state index >= 15 is 0 Å². The Morgan fingerprint density at radius 1 is 1.53 bits per heavy atom. The zero-order valence-corrected chi connectivity index (χ0v) is 12.7. The summed E-state index contributed by atoms with van der Waals surface area (Å²) < 4.78 is 6.35. The molecule has 0 radical (unpaired) electrons. The van der Waals surface area contributed by atoms with Crippen LogP contribution in [0.4, 0.5) is 5.13 Å². The quantitative estimate of drug-likeness (QED) is 0.907. The maximum absolute atomic E-state index is 8.72. The van der Waals surface area contributed by atoms with Crippen molar-refractivity contribution >= 4 is 32.4 Å². The first-order chi connectivity index (χ1) is 9.22. The van der Waals surface area contributed by atoms with Crippen molar-refractivity contribution in [3.05, 3.63) is 39.3 Å². The molecule has 1 aromatic heterocycles. The molecule has 19 heavy (non-hydrogen) atoms. The second kappa shape index (κ2) is 6.55. The molecular formula is C13H12BrN3OS. The van der Waals surface area contributed by atoms with Gasteiger partial charge in [0.1, 0.15) is 16.7 Å². The number of nitrogens with zero attached hydrogens (tertiary/aromatic N) is 2. The molecular weight excluding hydrogens is 326 g/mol. The van der Waals surface area contributed by atoms with Crippen molar-refractivity contribution in [2.45, 2.75) is 6.42 Å². The largest absolute Gasteiger partial charge is 0.496 e. The van der Waals surface area contributed by atoms with E-state index in [1.54, 1.807) is 13.3 Å². The van der Waals surface area contributed by atoms with Gasteiger partial charge in [0.25, 0.3) is 0 Å². The van der Waals surface area contributed by atoms with Crippen LogP contribution in [0.5, 0.6) is 5.75 Å². The molecule has 0 aliphatic rings. The Labute approximate surface area is 124 Å². The number of hydrogen-bond acceptors (Lipinski definition) is 5. The van der Waals surface area contributed by atoms with Crippen LogP contribution in [0.2, 0.25) is 0 Å². The summed E-state index contributed by atoms with van der Waals surface area (Å²) in [5.41, 5.74) is 1.13. The molecule has 1 heterocycles. The minimum atomic E-state index is 0.613. The second-order valence-corrected chi connectivity index (χ2v) is 5.72. The predicted octanol–water partition coefficient (Wildman–Crippen LogP) is 3.44. The molecule has 0 bridgehead atoms. The van der Waals surface area contributed by atoms with Crippen LogP contribution in [-0.4, -0.2) is 18.6 Å². The lowest BCUT2D eigenvalue weighted by molar-refractivity contribution is 0.410. The molecule has 0 atom stereocenters. The Hall–Kier alpha value is -1.58. The number of rotatable bonds is 5. The molecule has 4 nitrogen and oxygen atoms in total. The number of nitrogens with one attached hydrogen (secondary N) is 1. The maximum atomic E-state index is 8.72. The van der Waals surface area contributed by atoms with Crippen LogP contribution in [-0.2, 0) is 6.42 Å². The Morgan fingerprint density at radius 3 is 3.05 bits per heavy atom. The second-order valence-electron chi connectivity index (χ2n) is 3.77. The fourth-order valence-electron chi connectivity index (χ4n) is 1.65. The first-order valence-corrected chi connectivity index (χ1v) is 7.26. The van der Waals surface area contributed by atoms with Crippen molar-refractivity contribution in [1.82, 2.24) is 4.98 Å². The molecule has 2 aromatic rings. The van der Waals surface area contributed by atoms with Gasteiger partial charge in [-0.25, -0.2) is 4.98 Å². The van der Waals surface area contributed by atoms with Gasteiger partial charge in [-0.15, -0.1) is 0 Å². The van der Waals surface area contributed by atoms with Gasteiger partial charge in [0, 0.05) is 11.0 Å². The number of aromatic nitrogens is 1. The Bertz CT molecular complexity index is 606. The average molecular weight is 338 g/mol. The van der Waals surface area contributed by atoms with Gasteiger partial charge in [-0.3, -0.25) is 0 Å². The highest BCUT2D eigenvalue weighted by Crippen LogP contribution is 2.24. The summed E-state index contributed by atoms with van der Waals surface area (Å²) in [5, 5.41) is 12.7. The standard InChI is InChI=1S/C13H12BrN3OS/c1-18-12-3-2-10(14)6-9(12)4-5-16-13-17-8-11(7-15)19-13/h2-3,6,8H,4-5H2,1H3,(H,16,17). The SMILES string of the molecule is COc1ccc(Br)cc1CCNc1ncc(C#N)s1. The maximum Gasteiger partial charge on any atom is 0.183 e. The molecule has 1 aromatic carbocycles. The molecule has 0 saturated carbocycles. The molecule has 98 valence electrons. The van der Waals surface area contributed by atoms with E-state index in [-0.39, 0.29) is 0 Å². The monoisotopic (exact) mass is 337 g/mol. The van der Waals surface area contributed by atoms with Gasteiger partial charge in [0.05, 0.1) is 13.3 Å². The fourth-order valence-corrected chi connectivity index (χ4v) is 2.70. The highest BCUT2D eigenvalue weighted by molar-refractivity contribution is 9.10. The minimum absolute atomic E-state index is 0.613. The molecule has 0 saturated heterocycles. The number of halogens is 1. The third-order valence-corrected chi connectivity index (χ3v) is 3.88. The Kier molecular flexibility index (Phi) is 4.77. The van der Waals surface area contributed by atoms with Gasteiger partial charge >= 0.3 is 0 Å². The smallest absolute Gasteiger partial charge is 0.183 e. The number of nitriles is 1. The van der Waals surface area contributed by atoms with Crippen molar-refractivity contribution in [2.24, 2.45) is 0 Å². The number of anilines is 1. The summed E-state index contributed by atoms with van der Waals surface area (Å²) in [6, 6.07) is 8.01. The molecule has 6 heteroatoms. The van der Waals surface area contributed by atoms with Crippen LogP contribution in [0, 0.1) is 11.3 Å². The highest BCUT2D eigenvalue weighted by Gasteiger charge is 2.05. The van der Waals surface area contributed by atoms with Gasteiger partial charge in [-0.1, -0.05) is 27.3 Å². The van der Waals surface area contributed by atoms with Crippen LogP contribution in [0.3, 0.4) is 0 Å². The first kappa shape index (κ1) is 13.8. The number of thiazole rings is 1. The van der Waals surface area contributed by atoms with E-state index in [1.807, 2.05) is 18.2 Å². The summed E-state index contributed by atoms with van der Waals surface area (Å²) in [5.74, 6) is 0.877. The van der Waals surface area contributed by atoms with Gasteiger partial charge in [-0.2, -0.15) is 5.26 Å². The van der Waals surface area contributed by atoms with E-state index in [9.17, 15) is 0 Å². The van der Waals surface area contributed by atoms with E-state index in [2.05, 4.69) is 32.3 Å². The third kappa shape index (κ3) is 3.69.